The smallest absolute Gasteiger partial charge is 0.236 e. The topological polar surface area (TPSA) is 77.5 Å². The van der Waals surface area contributed by atoms with E-state index in [0.717, 1.165) is 0 Å². The molecular formula is C18H15ClN2O4. The quantitative estimate of drug-likeness (QED) is 0.737. The number of methoxy groups -OCH3 is 1. The summed E-state index contributed by atoms with van der Waals surface area (Å²) in [7, 11) is 1.54. The molecule has 0 unspecified atom stereocenters. The van der Waals surface area contributed by atoms with Crippen LogP contribution < -0.4 is 10.1 Å². The number of nitrogens with one attached hydrogen (secondary N) is 1. The fourth-order valence-electron chi connectivity index (χ4n) is 2.76. The first-order chi connectivity index (χ1) is 12.1. The molecule has 1 aromatic carbocycles. The van der Waals surface area contributed by atoms with Gasteiger partial charge in [-0.3, -0.25) is 4.79 Å². The van der Waals surface area contributed by atoms with Crippen molar-refractivity contribution in [1.29, 1.82) is 0 Å². The van der Waals surface area contributed by atoms with Gasteiger partial charge in [0, 0.05) is 11.8 Å². The number of halogens is 1. The summed E-state index contributed by atoms with van der Waals surface area (Å²) in [6.07, 6.45) is 2.99. The zero-order valence-corrected chi connectivity index (χ0v) is 14.2. The van der Waals surface area contributed by atoms with Gasteiger partial charge in [0.1, 0.15) is 5.75 Å². The fourth-order valence-corrected chi connectivity index (χ4v) is 3.01. The lowest BCUT2D eigenvalue weighted by Crippen LogP contribution is -2.28. The number of nitrogens with zero attached hydrogens (tertiary/aromatic N) is 1. The number of furan rings is 1. The molecule has 1 amide bonds. The Hall–Kier alpha value is -2.73. The monoisotopic (exact) mass is 358 g/mol. The lowest BCUT2D eigenvalue weighted by Gasteiger charge is -2.13. The third kappa shape index (κ3) is 2.78. The van der Waals surface area contributed by atoms with Crippen molar-refractivity contribution in [2.45, 2.75) is 18.3 Å². The van der Waals surface area contributed by atoms with Gasteiger partial charge in [-0.2, -0.15) is 0 Å². The Morgan fingerprint density at radius 3 is 2.76 bits per heavy atom. The molecule has 0 radical (unpaired) electrons. The van der Waals surface area contributed by atoms with Crippen LogP contribution in [-0.2, 0) is 10.2 Å². The van der Waals surface area contributed by atoms with E-state index >= 15 is 0 Å². The van der Waals surface area contributed by atoms with E-state index in [9.17, 15) is 4.79 Å². The molecule has 2 aromatic heterocycles. The number of anilines is 1. The van der Waals surface area contributed by atoms with Gasteiger partial charge in [-0.05, 0) is 43.2 Å². The maximum Gasteiger partial charge on any atom is 0.236 e. The van der Waals surface area contributed by atoms with Crippen LogP contribution in [0.3, 0.4) is 0 Å². The van der Waals surface area contributed by atoms with Crippen LogP contribution in [0.25, 0.3) is 11.5 Å². The van der Waals surface area contributed by atoms with Crippen molar-refractivity contribution < 1.29 is 18.5 Å². The molecule has 25 heavy (non-hydrogen) atoms. The van der Waals surface area contributed by atoms with Gasteiger partial charge in [-0.1, -0.05) is 16.8 Å². The van der Waals surface area contributed by atoms with E-state index < -0.39 is 5.41 Å². The van der Waals surface area contributed by atoms with Gasteiger partial charge in [-0.15, -0.1) is 0 Å². The zero-order chi connectivity index (χ0) is 17.4. The third-order valence-electron chi connectivity index (χ3n) is 4.36. The lowest BCUT2D eigenvalue weighted by molar-refractivity contribution is -0.118. The van der Waals surface area contributed by atoms with E-state index in [-0.39, 0.29) is 5.91 Å². The van der Waals surface area contributed by atoms with Crippen LogP contribution in [0, 0.1) is 0 Å². The number of rotatable bonds is 5. The maximum absolute atomic E-state index is 12.8. The lowest BCUT2D eigenvalue weighted by atomic mass is 10.0. The van der Waals surface area contributed by atoms with Gasteiger partial charge < -0.3 is 19.0 Å². The molecule has 0 bridgehead atoms. The predicted octanol–water partition coefficient (Wildman–Crippen LogP) is 4.27. The van der Waals surface area contributed by atoms with Crippen molar-refractivity contribution in [2.75, 3.05) is 12.4 Å². The second-order valence-electron chi connectivity index (χ2n) is 5.94. The number of ether oxygens (including phenoxy) is 1. The van der Waals surface area contributed by atoms with Gasteiger partial charge in [0.15, 0.2) is 5.76 Å². The van der Waals surface area contributed by atoms with Crippen molar-refractivity contribution in [3.8, 4) is 17.3 Å². The SMILES string of the molecule is COc1ccc(NC(=O)C2(c3cc(-c4ccco4)on3)CC2)cc1Cl. The third-order valence-corrected chi connectivity index (χ3v) is 4.65. The molecule has 0 atom stereocenters. The van der Waals surface area contributed by atoms with Crippen LogP contribution in [-0.4, -0.2) is 18.2 Å². The molecule has 0 saturated heterocycles. The Bertz CT molecular complexity index is 913. The number of hydrogen-bond donors (Lipinski definition) is 1. The molecule has 1 saturated carbocycles. The Balaban J connectivity index is 1.54. The second-order valence-corrected chi connectivity index (χ2v) is 6.35. The summed E-state index contributed by atoms with van der Waals surface area (Å²) >= 11 is 6.11. The van der Waals surface area contributed by atoms with Gasteiger partial charge in [0.05, 0.1) is 29.5 Å². The number of carbonyl (C=O) groups is 1. The Morgan fingerprint density at radius 1 is 1.28 bits per heavy atom. The normalized spacial score (nSPS) is 15.0. The highest BCUT2D eigenvalue weighted by molar-refractivity contribution is 6.32. The minimum Gasteiger partial charge on any atom is -0.495 e. The van der Waals surface area contributed by atoms with Crippen molar-refractivity contribution in [3.63, 3.8) is 0 Å². The minimum absolute atomic E-state index is 0.131. The van der Waals surface area contributed by atoms with Crippen molar-refractivity contribution in [2.24, 2.45) is 0 Å². The van der Waals surface area contributed by atoms with Gasteiger partial charge in [0.2, 0.25) is 11.7 Å². The molecule has 3 aromatic rings. The molecule has 128 valence electrons. The van der Waals surface area contributed by atoms with Gasteiger partial charge in [-0.25, -0.2) is 0 Å². The maximum atomic E-state index is 12.8. The second kappa shape index (κ2) is 5.97. The van der Waals surface area contributed by atoms with Crippen LogP contribution in [0.1, 0.15) is 18.5 Å². The number of aromatic nitrogens is 1. The van der Waals surface area contributed by atoms with Crippen molar-refractivity contribution in [3.05, 3.63) is 53.4 Å². The highest BCUT2D eigenvalue weighted by atomic mass is 35.5. The molecule has 2 heterocycles. The van der Waals surface area contributed by atoms with Crippen LogP contribution in [0.15, 0.2) is 51.6 Å². The van der Waals surface area contributed by atoms with Crippen LogP contribution in [0.5, 0.6) is 5.75 Å². The molecule has 1 aliphatic rings. The van der Waals surface area contributed by atoms with Crippen molar-refractivity contribution >= 4 is 23.2 Å². The summed E-state index contributed by atoms with van der Waals surface area (Å²) < 4.78 is 15.7. The molecule has 0 spiro atoms. The average Bonchev–Trinajstić information content (AvgIpc) is 3.02. The van der Waals surface area contributed by atoms with E-state index in [0.29, 0.717) is 46.5 Å². The summed E-state index contributed by atoms with van der Waals surface area (Å²) in [6.45, 7) is 0. The summed E-state index contributed by atoms with van der Waals surface area (Å²) in [5.41, 5.74) is 0.550. The largest absolute Gasteiger partial charge is 0.495 e. The first-order valence-corrected chi connectivity index (χ1v) is 8.16. The van der Waals surface area contributed by atoms with E-state index in [1.165, 1.54) is 0 Å². The van der Waals surface area contributed by atoms with Crippen LogP contribution in [0.2, 0.25) is 5.02 Å². The first-order valence-electron chi connectivity index (χ1n) is 7.78. The molecular weight excluding hydrogens is 344 g/mol. The molecule has 4 rings (SSSR count). The molecule has 1 fully saturated rings. The fraction of sp³-hybridized carbons (Fsp3) is 0.222. The van der Waals surface area contributed by atoms with E-state index in [1.54, 1.807) is 49.8 Å². The van der Waals surface area contributed by atoms with E-state index in [1.807, 2.05) is 0 Å². The summed E-state index contributed by atoms with van der Waals surface area (Å²) in [4.78, 5) is 12.8. The molecule has 7 heteroatoms. The number of benzene rings is 1. The van der Waals surface area contributed by atoms with Gasteiger partial charge in [0.25, 0.3) is 0 Å². The molecule has 1 N–H and O–H groups in total. The summed E-state index contributed by atoms with van der Waals surface area (Å²) in [6, 6.07) is 10.4. The Morgan fingerprint density at radius 2 is 2.12 bits per heavy atom. The molecule has 0 aliphatic heterocycles. The standard InChI is InChI=1S/C18H15ClN2O4/c1-23-13-5-4-11(9-12(13)19)20-17(22)18(6-7-18)16-10-15(25-21-16)14-3-2-8-24-14/h2-5,8-10H,6-7H2,1H3,(H,20,22). The highest BCUT2D eigenvalue weighted by Crippen LogP contribution is 2.49. The Kier molecular flexibility index (Phi) is 3.77. The minimum atomic E-state index is -0.666. The van der Waals surface area contributed by atoms with Gasteiger partial charge >= 0.3 is 0 Å². The molecule has 6 nitrogen and oxygen atoms in total. The average molecular weight is 359 g/mol. The van der Waals surface area contributed by atoms with Crippen LogP contribution in [0.4, 0.5) is 5.69 Å². The van der Waals surface area contributed by atoms with Crippen molar-refractivity contribution in [1.82, 2.24) is 5.16 Å². The molecule has 1 aliphatic carbocycles. The summed E-state index contributed by atoms with van der Waals surface area (Å²) in [5, 5.41) is 7.40. The number of carbonyl (C=O) groups excluding carboxylic acids is 1. The predicted molar refractivity (Wildman–Crippen MR) is 91.8 cm³/mol. The van der Waals surface area contributed by atoms with Crippen LogP contribution >= 0.6 is 11.6 Å². The van der Waals surface area contributed by atoms with E-state index in [4.69, 9.17) is 25.3 Å². The summed E-state index contributed by atoms with van der Waals surface area (Å²) in [5.74, 6) is 1.51. The first kappa shape index (κ1) is 15.8. The Labute approximate surface area is 148 Å². The zero-order valence-electron chi connectivity index (χ0n) is 13.4. The number of hydrogen-bond acceptors (Lipinski definition) is 5. The number of amides is 1. The van der Waals surface area contributed by atoms with E-state index in [2.05, 4.69) is 10.5 Å². The highest BCUT2D eigenvalue weighted by Gasteiger charge is 2.54.